The molecular weight excluding hydrogens is 334 g/mol. The number of rotatable bonds is 5. The van der Waals surface area contributed by atoms with E-state index >= 15 is 0 Å². The van der Waals surface area contributed by atoms with Gasteiger partial charge in [-0.15, -0.1) is 0 Å². The number of hydrogen-bond acceptors (Lipinski definition) is 4. The maximum absolute atomic E-state index is 6.13. The first kappa shape index (κ1) is 16.1. The highest BCUT2D eigenvalue weighted by atomic mass is 35.5. The zero-order chi connectivity index (χ0) is 17.4. The van der Waals surface area contributed by atoms with E-state index in [1.807, 2.05) is 6.07 Å². The number of nitrogens with zero attached hydrogens (tertiary/aromatic N) is 3. The number of aromatic amines is 1. The first-order valence-corrected chi connectivity index (χ1v) is 8.91. The molecule has 1 aliphatic rings. The van der Waals surface area contributed by atoms with Gasteiger partial charge in [-0.1, -0.05) is 32.0 Å². The number of halogens is 1. The van der Waals surface area contributed by atoms with Gasteiger partial charge in [0.25, 0.3) is 0 Å². The summed E-state index contributed by atoms with van der Waals surface area (Å²) < 4.78 is 0. The van der Waals surface area contributed by atoms with E-state index in [0.29, 0.717) is 12.5 Å². The van der Waals surface area contributed by atoms with Crippen LogP contribution in [-0.4, -0.2) is 27.2 Å². The van der Waals surface area contributed by atoms with Crippen molar-refractivity contribution in [3.05, 3.63) is 52.6 Å². The van der Waals surface area contributed by atoms with Crippen molar-refractivity contribution in [1.82, 2.24) is 15.0 Å². The minimum Gasteiger partial charge on any atom is -0.369 e. The Labute approximate surface area is 151 Å². The summed E-state index contributed by atoms with van der Waals surface area (Å²) in [6.07, 6.45) is 2.97. The number of aromatic nitrogens is 3. The maximum Gasteiger partial charge on any atom is 0.224 e. The second-order valence-electron chi connectivity index (χ2n) is 6.56. The molecule has 5 nitrogen and oxygen atoms in total. The summed E-state index contributed by atoms with van der Waals surface area (Å²) in [5.74, 6) is 1.13. The van der Waals surface area contributed by atoms with Crippen LogP contribution in [0.2, 0.25) is 5.28 Å². The summed E-state index contributed by atoms with van der Waals surface area (Å²) in [5.41, 5.74) is 5.41. The number of para-hydroxylation sites is 1. The molecule has 25 heavy (non-hydrogen) atoms. The Bertz CT molecular complexity index is 958. The molecule has 3 heterocycles. The van der Waals surface area contributed by atoms with E-state index in [2.05, 4.69) is 63.5 Å². The molecular formula is C19H20ClN5. The van der Waals surface area contributed by atoms with E-state index in [4.69, 9.17) is 11.6 Å². The molecule has 2 N–H and O–H groups in total. The Morgan fingerprint density at radius 1 is 1.24 bits per heavy atom. The second-order valence-corrected chi connectivity index (χ2v) is 6.90. The van der Waals surface area contributed by atoms with Crippen molar-refractivity contribution in [2.24, 2.45) is 10.9 Å². The van der Waals surface area contributed by atoms with E-state index in [0.717, 1.165) is 35.8 Å². The summed E-state index contributed by atoms with van der Waals surface area (Å²) in [6.45, 7) is 5.64. The monoisotopic (exact) mass is 353 g/mol. The van der Waals surface area contributed by atoms with Crippen LogP contribution in [0, 0.1) is 5.92 Å². The Balaban J connectivity index is 1.52. The molecule has 0 fully saturated rings. The van der Waals surface area contributed by atoms with Gasteiger partial charge in [0.15, 0.2) is 0 Å². The molecule has 0 bridgehead atoms. The van der Waals surface area contributed by atoms with Crippen molar-refractivity contribution in [3.63, 3.8) is 0 Å². The van der Waals surface area contributed by atoms with Gasteiger partial charge in [0.05, 0.1) is 18.0 Å². The number of H-pyrrole nitrogens is 1. The summed E-state index contributed by atoms with van der Waals surface area (Å²) in [6, 6.07) is 8.34. The predicted octanol–water partition coefficient (Wildman–Crippen LogP) is 4.22. The standard InChI is InChI=1S/C19H20ClN5/c1-11(2)16-17-14(10-23-16)18(25-19(20)24-17)21-8-7-12-9-22-15-6-4-3-5-13(12)15/h3-6,9,11,22H,7-8,10H2,1-2H3,(H,21,24,25). The summed E-state index contributed by atoms with van der Waals surface area (Å²) in [4.78, 5) is 16.7. The lowest BCUT2D eigenvalue weighted by molar-refractivity contribution is 0.878. The van der Waals surface area contributed by atoms with Crippen molar-refractivity contribution < 1.29 is 0 Å². The quantitative estimate of drug-likeness (QED) is 0.675. The average Bonchev–Trinajstić information content (AvgIpc) is 3.19. The number of hydrogen-bond donors (Lipinski definition) is 2. The van der Waals surface area contributed by atoms with Crippen LogP contribution in [-0.2, 0) is 13.0 Å². The lowest BCUT2D eigenvalue weighted by atomic mass is 10.0. The minimum absolute atomic E-state index is 0.267. The lowest BCUT2D eigenvalue weighted by Gasteiger charge is -2.11. The van der Waals surface area contributed by atoms with Crippen LogP contribution >= 0.6 is 11.6 Å². The van der Waals surface area contributed by atoms with Crippen molar-refractivity contribution in [1.29, 1.82) is 0 Å². The zero-order valence-electron chi connectivity index (χ0n) is 14.3. The van der Waals surface area contributed by atoms with Crippen LogP contribution in [0.4, 0.5) is 5.82 Å². The molecule has 0 saturated heterocycles. The smallest absolute Gasteiger partial charge is 0.224 e. The molecule has 0 atom stereocenters. The number of nitrogens with one attached hydrogen (secondary N) is 2. The molecule has 128 valence electrons. The largest absolute Gasteiger partial charge is 0.369 e. The zero-order valence-corrected chi connectivity index (χ0v) is 15.1. The topological polar surface area (TPSA) is 66.0 Å². The Hall–Kier alpha value is -2.40. The van der Waals surface area contributed by atoms with E-state index in [-0.39, 0.29) is 5.28 Å². The van der Waals surface area contributed by atoms with E-state index in [1.165, 1.54) is 16.5 Å². The molecule has 3 aromatic rings. The minimum atomic E-state index is 0.267. The van der Waals surface area contributed by atoms with Crippen molar-refractivity contribution in [3.8, 4) is 0 Å². The second kappa shape index (κ2) is 6.48. The molecule has 0 amide bonds. The highest BCUT2D eigenvalue weighted by molar-refractivity contribution is 6.28. The highest BCUT2D eigenvalue weighted by Crippen LogP contribution is 2.28. The van der Waals surface area contributed by atoms with E-state index in [1.54, 1.807) is 0 Å². The van der Waals surface area contributed by atoms with Crippen LogP contribution in [0.25, 0.3) is 10.9 Å². The molecule has 0 saturated carbocycles. The lowest BCUT2D eigenvalue weighted by Crippen LogP contribution is -2.13. The van der Waals surface area contributed by atoms with Crippen molar-refractivity contribution in [2.75, 3.05) is 11.9 Å². The fourth-order valence-electron chi connectivity index (χ4n) is 3.31. The van der Waals surface area contributed by atoms with Gasteiger partial charge in [0.1, 0.15) is 5.82 Å². The van der Waals surface area contributed by atoms with Crippen LogP contribution in [0.3, 0.4) is 0 Å². The fourth-order valence-corrected chi connectivity index (χ4v) is 3.48. The van der Waals surface area contributed by atoms with Gasteiger partial charge in [-0.2, -0.15) is 0 Å². The third-order valence-corrected chi connectivity index (χ3v) is 4.71. The number of benzene rings is 1. The highest BCUT2D eigenvalue weighted by Gasteiger charge is 2.24. The molecule has 4 rings (SSSR count). The molecule has 0 aliphatic carbocycles. The van der Waals surface area contributed by atoms with Gasteiger partial charge in [0, 0.05) is 29.2 Å². The van der Waals surface area contributed by atoms with Crippen LogP contribution in [0.1, 0.15) is 30.7 Å². The molecule has 0 unspecified atom stereocenters. The van der Waals surface area contributed by atoms with Crippen molar-refractivity contribution >= 4 is 34.0 Å². The van der Waals surface area contributed by atoms with Gasteiger partial charge >= 0.3 is 0 Å². The fraction of sp³-hybridized carbons (Fsp3) is 0.316. The van der Waals surface area contributed by atoms with Crippen molar-refractivity contribution in [2.45, 2.75) is 26.8 Å². The third-order valence-electron chi connectivity index (χ3n) is 4.54. The molecule has 1 aliphatic heterocycles. The first-order valence-electron chi connectivity index (χ1n) is 8.53. The Kier molecular flexibility index (Phi) is 4.17. The van der Waals surface area contributed by atoms with Gasteiger partial charge in [0.2, 0.25) is 5.28 Å². The van der Waals surface area contributed by atoms with Crippen LogP contribution in [0.15, 0.2) is 35.5 Å². The Morgan fingerprint density at radius 3 is 2.92 bits per heavy atom. The number of fused-ring (bicyclic) bond motifs is 2. The van der Waals surface area contributed by atoms with E-state index < -0.39 is 0 Å². The van der Waals surface area contributed by atoms with Crippen LogP contribution in [0.5, 0.6) is 0 Å². The summed E-state index contributed by atoms with van der Waals surface area (Å²) in [5, 5.41) is 4.96. The maximum atomic E-state index is 6.13. The molecule has 2 aromatic heterocycles. The first-order chi connectivity index (χ1) is 12.1. The molecule has 0 spiro atoms. The summed E-state index contributed by atoms with van der Waals surface area (Å²) in [7, 11) is 0. The van der Waals surface area contributed by atoms with Gasteiger partial charge in [-0.05, 0) is 35.6 Å². The number of aliphatic imine (C=N–C) groups is 1. The Morgan fingerprint density at radius 2 is 2.08 bits per heavy atom. The normalized spacial score (nSPS) is 13.4. The number of anilines is 1. The molecule has 1 aromatic carbocycles. The SMILES string of the molecule is CC(C)C1=NCc2c(NCCc3c[nH]c4ccccc34)nc(Cl)nc21. The predicted molar refractivity (Wildman–Crippen MR) is 103 cm³/mol. The third kappa shape index (κ3) is 3.00. The van der Waals surface area contributed by atoms with Gasteiger partial charge < -0.3 is 10.3 Å². The average molecular weight is 354 g/mol. The van der Waals surface area contributed by atoms with E-state index in [9.17, 15) is 0 Å². The van der Waals surface area contributed by atoms with Gasteiger partial charge in [-0.25, -0.2) is 9.97 Å². The molecule has 0 radical (unpaired) electrons. The molecule has 6 heteroatoms. The van der Waals surface area contributed by atoms with Crippen LogP contribution < -0.4 is 5.32 Å². The summed E-state index contributed by atoms with van der Waals surface area (Å²) >= 11 is 6.13. The van der Waals surface area contributed by atoms with Gasteiger partial charge in [-0.3, -0.25) is 4.99 Å².